The van der Waals surface area contributed by atoms with Crippen LogP contribution in [0.3, 0.4) is 0 Å². The zero-order valence-electron chi connectivity index (χ0n) is 10.9. The normalized spacial score (nSPS) is 12.0. The van der Waals surface area contributed by atoms with Gasteiger partial charge in [0.05, 0.1) is 15.5 Å². The van der Waals surface area contributed by atoms with Crippen molar-refractivity contribution in [1.82, 2.24) is 5.32 Å². The van der Waals surface area contributed by atoms with E-state index in [1.807, 2.05) is 0 Å². The molecule has 2 amide bonds. The molecule has 0 heterocycles. The van der Waals surface area contributed by atoms with Gasteiger partial charge in [-0.2, -0.15) is 0 Å². The maximum Gasteiger partial charge on any atom is 0.270 e. The number of hydrogen-bond acceptors (Lipinski definition) is 4. The molecule has 1 atom stereocenters. The fraction of sp³-hybridized carbons (Fsp3) is 0.333. The lowest BCUT2D eigenvalue weighted by Gasteiger charge is -2.19. The number of nitro groups is 1. The number of hydrogen-bond donors (Lipinski definition) is 2. The standard InChI is InChI=1S/C12H14ClN3O4/c1-6(2)10(11(14)17)15-12(18)8-4-3-7(16(19)20)5-9(8)13/h3-6,10H,1-2H3,(H2,14,17)(H,15,18). The van der Waals surface area contributed by atoms with Crippen molar-refractivity contribution in [3.05, 3.63) is 38.9 Å². The summed E-state index contributed by atoms with van der Waals surface area (Å²) in [5.74, 6) is -1.46. The largest absolute Gasteiger partial charge is 0.368 e. The fourth-order valence-corrected chi connectivity index (χ4v) is 1.85. The molecule has 7 nitrogen and oxygen atoms in total. The fourth-order valence-electron chi connectivity index (χ4n) is 1.59. The molecule has 0 fully saturated rings. The third-order valence-corrected chi connectivity index (χ3v) is 2.98. The van der Waals surface area contributed by atoms with Gasteiger partial charge in [0.1, 0.15) is 6.04 Å². The summed E-state index contributed by atoms with van der Waals surface area (Å²) < 4.78 is 0. The van der Waals surface area contributed by atoms with Crippen LogP contribution >= 0.6 is 11.6 Å². The highest BCUT2D eigenvalue weighted by Gasteiger charge is 2.23. The van der Waals surface area contributed by atoms with Crippen LogP contribution in [0.2, 0.25) is 5.02 Å². The number of carbonyl (C=O) groups is 2. The predicted molar refractivity (Wildman–Crippen MR) is 73.4 cm³/mol. The van der Waals surface area contributed by atoms with Crippen LogP contribution in [0.5, 0.6) is 0 Å². The molecule has 1 aromatic rings. The summed E-state index contributed by atoms with van der Waals surface area (Å²) in [6.45, 7) is 3.46. The number of nitrogens with zero attached hydrogens (tertiary/aromatic N) is 1. The average molecular weight is 300 g/mol. The van der Waals surface area contributed by atoms with Crippen molar-refractivity contribution in [1.29, 1.82) is 0 Å². The summed E-state index contributed by atoms with van der Waals surface area (Å²) in [5, 5.41) is 13.0. The third-order valence-electron chi connectivity index (χ3n) is 2.67. The number of rotatable bonds is 5. The Kier molecular flexibility index (Phi) is 5.04. The number of nitrogens with one attached hydrogen (secondary N) is 1. The van der Waals surface area contributed by atoms with Gasteiger partial charge < -0.3 is 11.1 Å². The van der Waals surface area contributed by atoms with Crippen molar-refractivity contribution in [2.75, 3.05) is 0 Å². The van der Waals surface area contributed by atoms with E-state index in [0.717, 1.165) is 12.1 Å². The van der Waals surface area contributed by atoms with E-state index in [2.05, 4.69) is 5.32 Å². The number of non-ortho nitro benzene ring substituents is 1. The first kappa shape index (κ1) is 15.9. The average Bonchev–Trinajstić information content (AvgIpc) is 2.34. The van der Waals surface area contributed by atoms with Crippen molar-refractivity contribution in [3.8, 4) is 0 Å². The van der Waals surface area contributed by atoms with E-state index in [9.17, 15) is 19.7 Å². The number of halogens is 1. The molecule has 3 N–H and O–H groups in total. The Morgan fingerprint density at radius 3 is 2.40 bits per heavy atom. The molecule has 0 bridgehead atoms. The van der Waals surface area contributed by atoms with Crippen molar-refractivity contribution >= 4 is 29.1 Å². The minimum absolute atomic E-state index is 0.0455. The highest BCUT2D eigenvalue weighted by atomic mass is 35.5. The first-order valence-corrected chi connectivity index (χ1v) is 6.16. The van der Waals surface area contributed by atoms with Crippen LogP contribution in [0.15, 0.2) is 18.2 Å². The molecular formula is C12H14ClN3O4. The van der Waals surface area contributed by atoms with Gasteiger partial charge in [0.2, 0.25) is 5.91 Å². The minimum atomic E-state index is -0.839. The van der Waals surface area contributed by atoms with Crippen molar-refractivity contribution in [2.24, 2.45) is 11.7 Å². The number of nitro benzene ring substituents is 1. The van der Waals surface area contributed by atoms with Crippen LogP contribution in [0.25, 0.3) is 0 Å². The SMILES string of the molecule is CC(C)C(NC(=O)c1ccc([N+](=O)[O-])cc1Cl)C(N)=O. The second kappa shape index (κ2) is 6.33. The molecule has 0 aliphatic heterocycles. The molecule has 0 spiro atoms. The summed E-state index contributed by atoms with van der Waals surface area (Å²) in [5.41, 5.74) is 5.01. The Bertz CT molecular complexity index is 560. The minimum Gasteiger partial charge on any atom is -0.368 e. The lowest BCUT2D eigenvalue weighted by Crippen LogP contribution is -2.47. The van der Waals surface area contributed by atoms with Gasteiger partial charge in [-0.25, -0.2) is 0 Å². The van der Waals surface area contributed by atoms with Crippen LogP contribution in [0.4, 0.5) is 5.69 Å². The second-order valence-corrected chi connectivity index (χ2v) is 4.93. The third kappa shape index (κ3) is 3.67. The molecule has 20 heavy (non-hydrogen) atoms. The molecule has 108 valence electrons. The number of carbonyl (C=O) groups excluding carboxylic acids is 2. The Balaban J connectivity index is 2.98. The first-order chi connectivity index (χ1) is 9.23. The van der Waals surface area contributed by atoms with Gasteiger partial charge in [0.15, 0.2) is 0 Å². The van der Waals surface area contributed by atoms with Gasteiger partial charge in [0, 0.05) is 12.1 Å². The molecule has 1 unspecified atom stereocenters. The monoisotopic (exact) mass is 299 g/mol. The Hall–Kier alpha value is -2.15. The van der Waals surface area contributed by atoms with Gasteiger partial charge in [-0.1, -0.05) is 25.4 Å². The van der Waals surface area contributed by atoms with E-state index in [1.165, 1.54) is 6.07 Å². The van der Waals surface area contributed by atoms with Crippen LogP contribution < -0.4 is 11.1 Å². The van der Waals surface area contributed by atoms with E-state index in [0.29, 0.717) is 0 Å². The summed E-state index contributed by atoms with van der Waals surface area (Å²) in [6, 6.07) is 2.63. The quantitative estimate of drug-likeness (QED) is 0.633. The molecule has 1 aromatic carbocycles. The highest BCUT2D eigenvalue weighted by molar-refractivity contribution is 6.34. The second-order valence-electron chi connectivity index (χ2n) is 4.52. The zero-order valence-corrected chi connectivity index (χ0v) is 11.7. The van der Waals surface area contributed by atoms with Gasteiger partial charge in [0.25, 0.3) is 11.6 Å². The summed E-state index contributed by atoms with van der Waals surface area (Å²) >= 11 is 5.83. The summed E-state index contributed by atoms with van der Waals surface area (Å²) in [4.78, 5) is 33.2. The summed E-state index contributed by atoms with van der Waals surface area (Å²) in [6.07, 6.45) is 0. The molecule has 0 aliphatic carbocycles. The van der Waals surface area contributed by atoms with Gasteiger partial charge in [-0.3, -0.25) is 19.7 Å². The lowest BCUT2D eigenvalue weighted by molar-refractivity contribution is -0.384. The van der Waals surface area contributed by atoms with E-state index in [-0.39, 0.29) is 22.2 Å². The topological polar surface area (TPSA) is 115 Å². The van der Waals surface area contributed by atoms with Gasteiger partial charge in [-0.15, -0.1) is 0 Å². The molecule has 0 aliphatic rings. The first-order valence-electron chi connectivity index (χ1n) is 5.78. The number of amides is 2. The molecule has 8 heteroatoms. The number of benzene rings is 1. The number of primary amides is 1. The Morgan fingerprint density at radius 2 is 2.00 bits per heavy atom. The van der Waals surface area contributed by atoms with Crippen LogP contribution in [0, 0.1) is 16.0 Å². The smallest absolute Gasteiger partial charge is 0.270 e. The molecular weight excluding hydrogens is 286 g/mol. The van der Waals surface area contributed by atoms with Crippen molar-refractivity contribution in [2.45, 2.75) is 19.9 Å². The Labute approximate surface area is 120 Å². The van der Waals surface area contributed by atoms with E-state index >= 15 is 0 Å². The van der Waals surface area contributed by atoms with Crippen molar-refractivity contribution in [3.63, 3.8) is 0 Å². The highest BCUT2D eigenvalue weighted by Crippen LogP contribution is 2.22. The molecule has 0 saturated carbocycles. The van der Waals surface area contributed by atoms with Crippen LogP contribution in [-0.2, 0) is 4.79 Å². The lowest BCUT2D eigenvalue weighted by atomic mass is 10.0. The van der Waals surface area contributed by atoms with Crippen molar-refractivity contribution < 1.29 is 14.5 Å². The molecule has 0 aromatic heterocycles. The maximum absolute atomic E-state index is 12.0. The van der Waals surface area contributed by atoms with Crippen LogP contribution in [-0.4, -0.2) is 22.8 Å². The zero-order chi connectivity index (χ0) is 15.4. The molecule has 1 rings (SSSR count). The predicted octanol–water partition coefficient (Wildman–Crippen LogP) is 1.49. The molecule has 0 saturated heterocycles. The number of nitrogens with two attached hydrogens (primary N) is 1. The van der Waals surface area contributed by atoms with E-state index in [4.69, 9.17) is 17.3 Å². The van der Waals surface area contributed by atoms with Crippen LogP contribution in [0.1, 0.15) is 24.2 Å². The van der Waals surface area contributed by atoms with E-state index in [1.54, 1.807) is 13.8 Å². The molecule has 0 radical (unpaired) electrons. The van der Waals surface area contributed by atoms with E-state index < -0.39 is 22.8 Å². The van der Waals surface area contributed by atoms with Gasteiger partial charge in [-0.05, 0) is 12.0 Å². The van der Waals surface area contributed by atoms with Gasteiger partial charge >= 0.3 is 0 Å². The maximum atomic E-state index is 12.0. The Morgan fingerprint density at radius 1 is 1.40 bits per heavy atom. The summed E-state index contributed by atoms with van der Waals surface area (Å²) in [7, 11) is 0.